The van der Waals surface area contributed by atoms with Crippen molar-refractivity contribution in [1.29, 1.82) is 0 Å². The summed E-state index contributed by atoms with van der Waals surface area (Å²) in [6, 6.07) is 19.7. The van der Waals surface area contributed by atoms with Gasteiger partial charge in [-0.1, -0.05) is 68.1 Å². The second-order valence-electron chi connectivity index (χ2n) is 8.40. The smallest absolute Gasteiger partial charge is 0.410 e. The summed E-state index contributed by atoms with van der Waals surface area (Å²) in [6.07, 6.45) is 2.08. The Morgan fingerprint density at radius 3 is 1.56 bits per heavy atom. The lowest BCUT2D eigenvalue weighted by Crippen LogP contribution is -2.43. The third kappa shape index (κ3) is 9.03. The number of ether oxygens (including phenoxy) is 2. The van der Waals surface area contributed by atoms with Crippen LogP contribution in [0.4, 0.5) is 9.59 Å². The van der Waals surface area contributed by atoms with Crippen molar-refractivity contribution >= 4 is 12.2 Å². The van der Waals surface area contributed by atoms with E-state index in [1.807, 2.05) is 60.7 Å². The van der Waals surface area contributed by atoms with E-state index in [-0.39, 0.29) is 31.7 Å². The summed E-state index contributed by atoms with van der Waals surface area (Å²) in [5, 5.41) is 0. The van der Waals surface area contributed by atoms with Gasteiger partial charge in [0.05, 0.1) is 0 Å². The van der Waals surface area contributed by atoms with Gasteiger partial charge in [-0.25, -0.2) is 9.59 Å². The Morgan fingerprint density at radius 1 is 0.706 bits per heavy atom. The first kappa shape index (κ1) is 27.1. The zero-order chi connectivity index (χ0) is 23.5. The van der Waals surface area contributed by atoms with Crippen LogP contribution in [0, 0.1) is 0 Å². The SMILES string of the molecule is C.NC1CCN(C(=O)OCc2ccccc2)C1.NC1CCN(C(=O)OCc2ccccc2)CC1. The molecule has 1 atom stereocenters. The summed E-state index contributed by atoms with van der Waals surface area (Å²) in [6.45, 7) is 3.37. The van der Waals surface area contributed by atoms with Crippen LogP contribution >= 0.6 is 0 Å². The van der Waals surface area contributed by atoms with Gasteiger partial charge in [0.25, 0.3) is 0 Å². The quantitative estimate of drug-likeness (QED) is 0.704. The first-order valence-corrected chi connectivity index (χ1v) is 11.4. The number of nitrogens with zero attached hydrogens (tertiary/aromatic N) is 2. The van der Waals surface area contributed by atoms with Gasteiger partial charge in [-0.05, 0) is 30.4 Å². The molecule has 0 spiro atoms. The second kappa shape index (κ2) is 14.2. The van der Waals surface area contributed by atoms with Crippen molar-refractivity contribution in [3.8, 4) is 0 Å². The van der Waals surface area contributed by atoms with E-state index < -0.39 is 0 Å². The molecule has 0 radical (unpaired) electrons. The topological polar surface area (TPSA) is 111 Å². The van der Waals surface area contributed by atoms with Crippen molar-refractivity contribution in [2.75, 3.05) is 26.2 Å². The summed E-state index contributed by atoms with van der Waals surface area (Å²) in [4.78, 5) is 26.7. The van der Waals surface area contributed by atoms with Crippen molar-refractivity contribution in [3.63, 3.8) is 0 Å². The Bertz CT molecular complexity index is 858. The number of hydrogen-bond acceptors (Lipinski definition) is 6. The van der Waals surface area contributed by atoms with Crippen LogP contribution < -0.4 is 11.5 Å². The number of hydrogen-bond donors (Lipinski definition) is 2. The van der Waals surface area contributed by atoms with E-state index >= 15 is 0 Å². The van der Waals surface area contributed by atoms with Gasteiger partial charge >= 0.3 is 12.2 Å². The molecule has 2 aromatic carbocycles. The average Bonchev–Trinajstić information content (AvgIpc) is 3.29. The molecular formula is C26H38N4O4. The number of carbonyl (C=O) groups is 2. The summed E-state index contributed by atoms with van der Waals surface area (Å²) in [5.74, 6) is 0. The third-order valence-corrected chi connectivity index (χ3v) is 5.69. The molecule has 2 aromatic rings. The van der Waals surface area contributed by atoms with Crippen LogP contribution in [0.1, 0.15) is 37.8 Å². The first-order chi connectivity index (χ1) is 16.0. The van der Waals surface area contributed by atoms with Crippen molar-refractivity contribution in [2.24, 2.45) is 11.5 Å². The maximum absolute atomic E-state index is 11.7. The second-order valence-corrected chi connectivity index (χ2v) is 8.40. The number of amides is 2. The minimum Gasteiger partial charge on any atom is -0.445 e. The normalized spacial score (nSPS) is 17.8. The fourth-order valence-electron chi connectivity index (χ4n) is 3.66. The zero-order valence-corrected chi connectivity index (χ0v) is 19.0. The average molecular weight is 471 g/mol. The van der Waals surface area contributed by atoms with Crippen LogP contribution in [-0.2, 0) is 22.7 Å². The van der Waals surface area contributed by atoms with Crippen LogP contribution in [0.15, 0.2) is 60.7 Å². The molecule has 8 nitrogen and oxygen atoms in total. The lowest BCUT2D eigenvalue weighted by atomic mass is 10.1. The number of likely N-dealkylation sites (tertiary alicyclic amines) is 2. The molecule has 2 amide bonds. The Hall–Kier alpha value is -3.10. The fraction of sp³-hybridized carbons (Fsp3) is 0.462. The molecule has 0 saturated carbocycles. The molecule has 2 heterocycles. The van der Waals surface area contributed by atoms with Crippen LogP contribution in [0.5, 0.6) is 0 Å². The number of piperidine rings is 1. The van der Waals surface area contributed by atoms with Gasteiger partial charge in [-0.3, -0.25) is 0 Å². The third-order valence-electron chi connectivity index (χ3n) is 5.69. The Kier molecular flexibility index (Phi) is 11.4. The molecule has 0 aliphatic carbocycles. The molecular weight excluding hydrogens is 432 g/mol. The minimum atomic E-state index is -0.267. The molecule has 2 saturated heterocycles. The number of nitrogens with two attached hydrogens (primary N) is 2. The summed E-state index contributed by atoms with van der Waals surface area (Å²) >= 11 is 0. The molecule has 2 aliphatic heterocycles. The van der Waals surface area contributed by atoms with Gasteiger partial charge < -0.3 is 30.7 Å². The molecule has 4 rings (SSSR count). The van der Waals surface area contributed by atoms with Gasteiger partial charge in [-0.2, -0.15) is 0 Å². The Labute approximate surface area is 202 Å². The van der Waals surface area contributed by atoms with Crippen LogP contribution in [0.25, 0.3) is 0 Å². The number of rotatable bonds is 4. The number of benzene rings is 2. The highest BCUT2D eigenvalue weighted by Gasteiger charge is 2.24. The van der Waals surface area contributed by atoms with E-state index in [4.69, 9.17) is 20.9 Å². The molecule has 2 fully saturated rings. The van der Waals surface area contributed by atoms with Crippen molar-refractivity contribution in [2.45, 2.75) is 52.0 Å². The number of carbonyl (C=O) groups excluding carboxylic acids is 2. The van der Waals surface area contributed by atoms with Gasteiger partial charge in [-0.15, -0.1) is 0 Å². The van der Waals surface area contributed by atoms with Gasteiger partial charge in [0.1, 0.15) is 13.2 Å². The standard InChI is InChI=1S/C13H18N2O2.C12H16N2O2.CH4/c14-12-6-8-15(9-7-12)13(16)17-10-11-4-2-1-3-5-11;13-11-6-7-14(8-11)12(15)16-9-10-4-2-1-3-5-10;/h1-5,12H,6-10,14H2;1-5,11H,6-9,13H2;1H4. The summed E-state index contributed by atoms with van der Waals surface area (Å²) < 4.78 is 10.4. The zero-order valence-electron chi connectivity index (χ0n) is 19.0. The molecule has 186 valence electrons. The van der Waals surface area contributed by atoms with E-state index in [0.29, 0.717) is 39.4 Å². The molecule has 1 unspecified atom stereocenters. The van der Waals surface area contributed by atoms with E-state index in [9.17, 15) is 9.59 Å². The Morgan fingerprint density at radius 2 is 1.12 bits per heavy atom. The van der Waals surface area contributed by atoms with Crippen LogP contribution in [0.3, 0.4) is 0 Å². The largest absolute Gasteiger partial charge is 0.445 e. The minimum absolute atomic E-state index is 0. The molecule has 2 aliphatic rings. The lowest BCUT2D eigenvalue weighted by molar-refractivity contribution is 0.0873. The van der Waals surface area contributed by atoms with Gasteiger partial charge in [0, 0.05) is 38.3 Å². The van der Waals surface area contributed by atoms with Crippen molar-refractivity contribution < 1.29 is 19.1 Å². The van der Waals surface area contributed by atoms with E-state index in [2.05, 4.69) is 0 Å². The highest BCUT2D eigenvalue weighted by atomic mass is 16.6. The van der Waals surface area contributed by atoms with E-state index in [1.165, 1.54) is 0 Å². The lowest BCUT2D eigenvalue weighted by Gasteiger charge is -2.29. The highest BCUT2D eigenvalue weighted by molar-refractivity contribution is 5.68. The fourth-order valence-corrected chi connectivity index (χ4v) is 3.66. The van der Waals surface area contributed by atoms with E-state index in [0.717, 1.165) is 30.4 Å². The molecule has 34 heavy (non-hydrogen) atoms. The van der Waals surface area contributed by atoms with Crippen molar-refractivity contribution in [1.82, 2.24) is 9.80 Å². The summed E-state index contributed by atoms with van der Waals surface area (Å²) in [7, 11) is 0. The molecule has 0 bridgehead atoms. The molecule has 4 N–H and O–H groups in total. The maximum atomic E-state index is 11.7. The van der Waals surface area contributed by atoms with Gasteiger partial charge in [0.2, 0.25) is 0 Å². The Balaban J connectivity index is 0.000000234. The van der Waals surface area contributed by atoms with Gasteiger partial charge in [0.15, 0.2) is 0 Å². The predicted octanol–water partition coefficient (Wildman–Crippen LogP) is 3.74. The molecule has 8 heteroatoms. The monoisotopic (exact) mass is 470 g/mol. The maximum Gasteiger partial charge on any atom is 0.410 e. The summed E-state index contributed by atoms with van der Waals surface area (Å²) in [5.41, 5.74) is 13.5. The molecule has 0 aromatic heterocycles. The van der Waals surface area contributed by atoms with Crippen molar-refractivity contribution in [3.05, 3.63) is 71.8 Å². The predicted molar refractivity (Wildman–Crippen MR) is 133 cm³/mol. The highest BCUT2D eigenvalue weighted by Crippen LogP contribution is 2.11. The van der Waals surface area contributed by atoms with Crippen LogP contribution in [0.2, 0.25) is 0 Å². The first-order valence-electron chi connectivity index (χ1n) is 11.4. The van der Waals surface area contributed by atoms with E-state index in [1.54, 1.807) is 9.80 Å². The van der Waals surface area contributed by atoms with Crippen LogP contribution in [-0.4, -0.2) is 60.2 Å².